The number of aromatic amines is 1. The van der Waals surface area contributed by atoms with Gasteiger partial charge in [-0.2, -0.15) is 0 Å². The summed E-state index contributed by atoms with van der Waals surface area (Å²) < 4.78 is 15.3. The second kappa shape index (κ2) is 7.96. The molecule has 0 aliphatic carbocycles. The van der Waals surface area contributed by atoms with Crippen molar-refractivity contribution in [2.24, 2.45) is 0 Å². The predicted octanol–water partition coefficient (Wildman–Crippen LogP) is 3.87. The molecule has 142 valence electrons. The Morgan fingerprint density at radius 2 is 2.15 bits per heavy atom. The van der Waals surface area contributed by atoms with E-state index in [-0.39, 0.29) is 28.9 Å². The SMILES string of the molecule is CC[C@@H](C)n1c(SCC(=O)Nc2ccccc2F)nc2cc(C)[nH]c2c1=O. The van der Waals surface area contributed by atoms with E-state index in [0.717, 1.165) is 12.1 Å². The average Bonchev–Trinajstić information content (AvgIpc) is 3.02. The molecule has 6 nitrogen and oxygen atoms in total. The summed E-state index contributed by atoms with van der Waals surface area (Å²) in [4.78, 5) is 32.7. The van der Waals surface area contributed by atoms with Gasteiger partial charge >= 0.3 is 0 Å². The number of thioether (sulfide) groups is 1. The number of aryl methyl sites for hydroxylation is 1. The van der Waals surface area contributed by atoms with Gasteiger partial charge in [0.05, 0.1) is 17.0 Å². The summed E-state index contributed by atoms with van der Waals surface area (Å²) in [6.07, 6.45) is 0.752. The van der Waals surface area contributed by atoms with Gasteiger partial charge in [-0.15, -0.1) is 0 Å². The number of H-pyrrole nitrogens is 1. The van der Waals surface area contributed by atoms with Gasteiger partial charge in [-0.05, 0) is 38.5 Å². The van der Waals surface area contributed by atoms with Gasteiger partial charge in [-0.25, -0.2) is 9.37 Å². The molecule has 2 heterocycles. The normalized spacial score (nSPS) is 12.3. The largest absolute Gasteiger partial charge is 0.353 e. The third-order valence-corrected chi connectivity index (χ3v) is 5.25. The molecular weight excluding hydrogens is 367 g/mol. The van der Waals surface area contributed by atoms with Crippen LogP contribution in [0.1, 0.15) is 32.0 Å². The molecule has 0 unspecified atom stereocenters. The minimum atomic E-state index is -0.491. The molecule has 0 fully saturated rings. The molecular formula is C19H21FN4O2S. The first-order chi connectivity index (χ1) is 12.9. The van der Waals surface area contributed by atoms with E-state index >= 15 is 0 Å². The van der Waals surface area contributed by atoms with Crippen LogP contribution in [0.2, 0.25) is 0 Å². The number of hydrogen-bond acceptors (Lipinski definition) is 4. The number of fused-ring (bicyclic) bond motifs is 1. The molecule has 1 atom stereocenters. The first-order valence-corrected chi connectivity index (χ1v) is 9.68. The Morgan fingerprint density at radius 3 is 2.85 bits per heavy atom. The van der Waals surface area contributed by atoms with Crippen LogP contribution >= 0.6 is 11.8 Å². The number of nitrogens with one attached hydrogen (secondary N) is 2. The third-order valence-electron chi connectivity index (χ3n) is 4.30. The number of para-hydroxylation sites is 1. The minimum absolute atomic E-state index is 0.0200. The van der Waals surface area contributed by atoms with Crippen LogP contribution in [0, 0.1) is 12.7 Å². The van der Waals surface area contributed by atoms with Crippen LogP contribution < -0.4 is 10.9 Å². The van der Waals surface area contributed by atoms with Crippen LogP contribution in [0.5, 0.6) is 0 Å². The molecule has 8 heteroatoms. The molecule has 0 aliphatic heterocycles. The smallest absolute Gasteiger partial charge is 0.278 e. The lowest BCUT2D eigenvalue weighted by molar-refractivity contribution is -0.113. The maximum absolute atomic E-state index is 13.7. The van der Waals surface area contributed by atoms with Crippen LogP contribution in [0.25, 0.3) is 11.0 Å². The zero-order valence-corrected chi connectivity index (χ0v) is 16.2. The van der Waals surface area contributed by atoms with Crippen molar-refractivity contribution in [1.82, 2.24) is 14.5 Å². The van der Waals surface area contributed by atoms with Gasteiger partial charge < -0.3 is 10.3 Å². The number of halogens is 1. The molecule has 2 aromatic heterocycles. The van der Waals surface area contributed by atoms with Gasteiger partial charge in [0, 0.05) is 11.7 Å². The topological polar surface area (TPSA) is 79.8 Å². The monoisotopic (exact) mass is 388 g/mol. The molecule has 27 heavy (non-hydrogen) atoms. The lowest BCUT2D eigenvalue weighted by Gasteiger charge is -2.17. The Morgan fingerprint density at radius 1 is 1.41 bits per heavy atom. The third kappa shape index (κ3) is 4.05. The molecule has 1 aromatic carbocycles. The molecule has 1 amide bonds. The Kier molecular flexibility index (Phi) is 5.65. The fourth-order valence-corrected chi connectivity index (χ4v) is 3.64. The fourth-order valence-electron chi connectivity index (χ4n) is 2.74. The van der Waals surface area contributed by atoms with Crippen LogP contribution in [0.15, 0.2) is 40.3 Å². The van der Waals surface area contributed by atoms with Crippen LogP contribution in [0.3, 0.4) is 0 Å². The lowest BCUT2D eigenvalue weighted by Crippen LogP contribution is -2.26. The molecule has 3 aromatic rings. The Labute approximate surface area is 160 Å². The number of hydrogen-bond donors (Lipinski definition) is 2. The van der Waals surface area contributed by atoms with E-state index in [1.807, 2.05) is 20.8 Å². The van der Waals surface area contributed by atoms with E-state index in [4.69, 9.17) is 0 Å². The highest BCUT2D eigenvalue weighted by atomic mass is 32.2. The molecule has 3 rings (SSSR count). The number of anilines is 1. The van der Waals surface area contributed by atoms with Gasteiger partial charge in [-0.3, -0.25) is 14.2 Å². The molecule has 2 N–H and O–H groups in total. The second-order valence-corrected chi connectivity index (χ2v) is 7.30. The van der Waals surface area contributed by atoms with Crippen molar-refractivity contribution >= 4 is 34.4 Å². The van der Waals surface area contributed by atoms with Crippen molar-refractivity contribution < 1.29 is 9.18 Å². The second-order valence-electron chi connectivity index (χ2n) is 6.36. The summed E-state index contributed by atoms with van der Waals surface area (Å²) in [5, 5.41) is 3.02. The van der Waals surface area contributed by atoms with Crippen molar-refractivity contribution in [1.29, 1.82) is 0 Å². The standard InChI is InChI=1S/C19H21FN4O2S/c1-4-12(3)24-18(26)17-15(9-11(2)21-17)23-19(24)27-10-16(25)22-14-8-6-5-7-13(14)20/h5-9,12,21H,4,10H2,1-3H3,(H,22,25)/t12-/m1/s1. The molecule has 0 aliphatic rings. The highest BCUT2D eigenvalue weighted by Crippen LogP contribution is 2.23. The molecule has 0 saturated carbocycles. The molecule has 0 radical (unpaired) electrons. The Hall–Kier alpha value is -2.61. The molecule has 0 spiro atoms. The average molecular weight is 388 g/mol. The zero-order valence-electron chi connectivity index (χ0n) is 15.4. The quantitative estimate of drug-likeness (QED) is 0.496. The van der Waals surface area contributed by atoms with E-state index in [2.05, 4.69) is 15.3 Å². The van der Waals surface area contributed by atoms with E-state index in [0.29, 0.717) is 16.2 Å². The highest BCUT2D eigenvalue weighted by molar-refractivity contribution is 7.99. The van der Waals surface area contributed by atoms with Gasteiger partial charge in [0.25, 0.3) is 5.56 Å². The maximum atomic E-state index is 13.7. The van der Waals surface area contributed by atoms with Crippen LogP contribution in [0.4, 0.5) is 10.1 Å². The summed E-state index contributed by atoms with van der Waals surface area (Å²) in [6, 6.07) is 7.74. The van der Waals surface area contributed by atoms with E-state index < -0.39 is 5.82 Å². The number of benzene rings is 1. The van der Waals surface area contributed by atoms with Gasteiger partial charge in [0.15, 0.2) is 5.16 Å². The van der Waals surface area contributed by atoms with E-state index in [1.165, 1.54) is 23.9 Å². The maximum Gasteiger partial charge on any atom is 0.278 e. The number of nitrogens with zero attached hydrogens (tertiary/aromatic N) is 2. The van der Waals surface area contributed by atoms with Crippen molar-refractivity contribution in [2.75, 3.05) is 11.1 Å². The summed E-state index contributed by atoms with van der Waals surface area (Å²) in [7, 11) is 0. The van der Waals surface area contributed by atoms with Crippen molar-refractivity contribution in [2.45, 2.75) is 38.4 Å². The first-order valence-electron chi connectivity index (χ1n) is 8.69. The molecule has 0 saturated heterocycles. The molecule has 0 bridgehead atoms. The van der Waals surface area contributed by atoms with Gasteiger partial charge in [0.2, 0.25) is 5.91 Å². The summed E-state index contributed by atoms with van der Waals surface area (Å²) in [5.74, 6) is -0.832. The first kappa shape index (κ1) is 19.2. The van der Waals surface area contributed by atoms with Crippen LogP contribution in [-0.4, -0.2) is 26.2 Å². The number of amides is 1. The van der Waals surface area contributed by atoms with Crippen molar-refractivity contribution in [3.8, 4) is 0 Å². The van der Waals surface area contributed by atoms with Crippen LogP contribution in [-0.2, 0) is 4.79 Å². The number of carbonyl (C=O) groups excluding carboxylic acids is 1. The predicted molar refractivity (Wildman–Crippen MR) is 106 cm³/mol. The van der Waals surface area contributed by atoms with E-state index in [1.54, 1.807) is 22.8 Å². The zero-order chi connectivity index (χ0) is 19.6. The van der Waals surface area contributed by atoms with Crippen molar-refractivity contribution in [3.05, 3.63) is 52.2 Å². The number of carbonyl (C=O) groups is 1. The number of aromatic nitrogens is 3. The summed E-state index contributed by atoms with van der Waals surface area (Å²) in [5.41, 5.74) is 1.87. The Bertz CT molecular complexity index is 1040. The van der Waals surface area contributed by atoms with E-state index in [9.17, 15) is 14.0 Å². The van der Waals surface area contributed by atoms with Gasteiger partial charge in [0.1, 0.15) is 11.3 Å². The van der Waals surface area contributed by atoms with Crippen molar-refractivity contribution in [3.63, 3.8) is 0 Å². The Balaban J connectivity index is 1.86. The highest BCUT2D eigenvalue weighted by Gasteiger charge is 2.18. The lowest BCUT2D eigenvalue weighted by atomic mass is 10.2. The minimum Gasteiger partial charge on any atom is -0.353 e. The number of rotatable bonds is 6. The fraction of sp³-hybridized carbons (Fsp3) is 0.316. The summed E-state index contributed by atoms with van der Waals surface area (Å²) >= 11 is 1.17. The van der Waals surface area contributed by atoms with Gasteiger partial charge in [-0.1, -0.05) is 30.8 Å². The summed E-state index contributed by atoms with van der Waals surface area (Å²) in [6.45, 7) is 5.79.